The first-order valence-corrected chi connectivity index (χ1v) is 11.2. The van der Waals surface area contributed by atoms with Crippen LogP contribution in [0.1, 0.15) is 30.9 Å². The van der Waals surface area contributed by atoms with Gasteiger partial charge in [-0.1, -0.05) is 29.4 Å². The summed E-state index contributed by atoms with van der Waals surface area (Å²) < 4.78 is 62.0. The van der Waals surface area contributed by atoms with E-state index in [0.29, 0.717) is 16.8 Å². The normalized spacial score (nSPS) is 18.4. The number of carbonyl (C=O) groups excluding carboxylic acids is 1. The maximum atomic E-state index is 13.2. The minimum absolute atomic E-state index is 0.0135. The number of nitrogens with one attached hydrogen (secondary N) is 1. The van der Waals surface area contributed by atoms with Gasteiger partial charge < -0.3 is 4.84 Å². The Morgan fingerprint density at radius 2 is 1.84 bits per heavy atom. The topological polar surface area (TPSA) is 118 Å². The van der Waals surface area contributed by atoms with Crippen LogP contribution in [0.15, 0.2) is 47.9 Å². The molecule has 2 heterocycles. The number of halogens is 3. The van der Waals surface area contributed by atoms with Crippen LogP contribution in [0.2, 0.25) is 0 Å². The Labute approximate surface area is 182 Å². The van der Waals surface area contributed by atoms with E-state index in [4.69, 9.17) is 10.0 Å². The van der Waals surface area contributed by atoms with Crippen molar-refractivity contribution in [2.75, 3.05) is 6.26 Å². The quantitative estimate of drug-likeness (QED) is 0.494. The van der Waals surface area contributed by atoms with Gasteiger partial charge in [0.15, 0.2) is 14.6 Å². The van der Waals surface area contributed by atoms with Crippen LogP contribution in [-0.4, -0.2) is 47.3 Å². The highest BCUT2D eigenvalue weighted by Crippen LogP contribution is 2.36. The SMILES string of the molecule is C[C@@](C[C@H]1CC(c2ccc(-c3ccncc3C(F)(F)F)cc2)=NO1)(C(=O)NO)S(C)(=O)=O. The van der Waals surface area contributed by atoms with Gasteiger partial charge >= 0.3 is 6.18 Å². The number of nitrogens with zero attached hydrogens (tertiary/aromatic N) is 2. The molecule has 1 aliphatic heterocycles. The van der Waals surface area contributed by atoms with E-state index in [2.05, 4.69) is 10.1 Å². The standard InChI is InChI=1S/C20H20F3N3O5S/c1-19(18(27)25-28,32(2,29)30)10-14-9-17(26-31-14)13-5-3-12(4-6-13)15-7-8-24-11-16(15)20(21,22)23/h3-8,11,14,28H,9-10H2,1-2H3,(H,25,27)/t14-,19-/m1/s1. The predicted molar refractivity (Wildman–Crippen MR) is 108 cm³/mol. The van der Waals surface area contributed by atoms with E-state index in [0.717, 1.165) is 12.5 Å². The van der Waals surface area contributed by atoms with Crippen molar-refractivity contribution < 1.29 is 36.4 Å². The molecule has 2 N–H and O–H groups in total. The summed E-state index contributed by atoms with van der Waals surface area (Å²) in [5.74, 6) is -1.08. The van der Waals surface area contributed by atoms with Gasteiger partial charge in [0.05, 0.1) is 11.3 Å². The fourth-order valence-corrected chi connectivity index (χ4v) is 4.26. The Morgan fingerprint density at radius 3 is 2.41 bits per heavy atom. The number of alkyl halides is 3. The van der Waals surface area contributed by atoms with Gasteiger partial charge in [0.25, 0.3) is 5.91 Å². The highest BCUT2D eigenvalue weighted by molar-refractivity contribution is 7.92. The molecule has 1 aliphatic rings. The van der Waals surface area contributed by atoms with Crippen LogP contribution in [0.25, 0.3) is 11.1 Å². The molecule has 0 radical (unpaired) electrons. The van der Waals surface area contributed by atoms with E-state index in [9.17, 15) is 26.4 Å². The summed E-state index contributed by atoms with van der Waals surface area (Å²) in [6, 6.07) is 7.46. The van der Waals surface area contributed by atoms with Crippen LogP contribution in [0.4, 0.5) is 13.2 Å². The molecule has 2 aromatic rings. The minimum Gasteiger partial charge on any atom is -0.392 e. The molecule has 8 nitrogen and oxygen atoms in total. The van der Waals surface area contributed by atoms with Gasteiger partial charge in [-0.3, -0.25) is 15.0 Å². The zero-order valence-corrected chi connectivity index (χ0v) is 17.9. The van der Waals surface area contributed by atoms with Crippen LogP contribution < -0.4 is 5.48 Å². The molecule has 32 heavy (non-hydrogen) atoms. The number of hydrogen-bond acceptors (Lipinski definition) is 7. The molecular weight excluding hydrogens is 451 g/mol. The summed E-state index contributed by atoms with van der Waals surface area (Å²) in [5.41, 5.74) is 1.87. The Balaban J connectivity index is 1.78. The third-order valence-corrected chi connectivity index (χ3v) is 7.39. The van der Waals surface area contributed by atoms with Gasteiger partial charge in [0.2, 0.25) is 0 Å². The summed E-state index contributed by atoms with van der Waals surface area (Å²) in [6.45, 7) is 1.18. The molecule has 1 amide bonds. The van der Waals surface area contributed by atoms with E-state index >= 15 is 0 Å². The molecule has 0 fully saturated rings. The van der Waals surface area contributed by atoms with Gasteiger partial charge in [-0.25, -0.2) is 13.9 Å². The van der Waals surface area contributed by atoms with Crippen molar-refractivity contribution in [2.24, 2.45) is 5.16 Å². The number of amides is 1. The first-order chi connectivity index (χ1) is 14.9. The fourth-order valence-electron chi connectivity index (χ4n) is 3.39. The maximum absolute atomic E-state index is 13.2. The van der Waals surface area contributed by atoms with Gasteiger partial charge in [0, 0.05) is 31.5 Å². The van der Waals surface area contributed by atoms with Gasteiger partial charge in [0.1, 0.15) is 6.10 Å². The molecule has 0 saturated heterocycles. The number of sulfone groups is 1. The summed E-state index contributed by atoms with van der Waals surface area (Å²) >= 11 is 0. The molecule has 0 spiro atoms. The lowest BCUT2D eigenvalue weighted by molar-refractivity contribution is -0.137. The number of rotatable bonds is 6. The van der Waals surface area contributed by atoms with Crippen molar-refractivity contribution in [2.45, 2.75) is 36.8 Å². The highest BCUT2D eigenvalue weighted by Gasteiger charge is 2.47. The van der Waals surface area contributed by atoms with Crippen LogP contribution in [-0.2, 0) is 25.6 Å². The van der Waals surface area contributed by atoms with Crippen molar-refractivity contribution >= 4 is 21.5 Å². The average molecular weight is 471 g/mol. The van der Waals surface area contributed by atoms with Gasteiger partial charge in [-0.15, -0.1) is 0 Å². The van der Waals surface area contributed by atoms with Crippen LogP contribution in [0.5, 0.6) is 0 Å². The molecule has 0 bridgehead atoms. The molecule has 0 saturated carbocycles. The molecule has 0 aliphatic carbocycles. The average Bonchev–Trinajstić information content (AvgIpc) is 3.20. The highest BCUT2D eigenvalue weighted by atomic mass is 32.2. The second-order valence-corrected chi connectivity index (χ2v) is 10.1. The lowest BCUT2D eigenvalue weighted by atomic mass is 9.95. The molecular formula is C20H20F3N3O5S. The number of aromatic nitrogens is 1. The number of benzene rings is 1. The van der Waals surface area contributed by atoms with Gasteiger partial charge in [-0.05, 0) is 29.7 Å². The Morgan fingerprint density at radius 1 is 1.22 bits per heavy atom. The predicted octanol–water partition coefficient (Wildman–Crippen LogP) is 2.96. The zero-order chi connectivity index (χ0) is 23.7. The van der Waals surface area contributed by atoms with Crippen LogP contribution in [0, 0.1) is 0 Å². The summed E-state index contributed by atoms with van der Waals surface area (Å²) in [7, 11) is -3.90. The number of hydrogen-bond donors (Lipinski definition) is 2. The molecule has 0 unspecified atom stereocenters. The van der Waals surface area contributed by atoms with Crippen molar-refractivity contribution in [1.29, 1.82) is 0 Å². The molecule has 2 atom stereocenters. The lowest BCUT2D eigenvalue weighted by Gasteiger charge is -2.26. The van der Waals surface area contributed by atoms with Crippen LogP contribution in [0.3, 0.4) is 0 Å². The molecule has 12 heteroatoms. The number of carbonyl (C=O) groups is 1. The van der Waals surface area contributed by atoms with Crippen LogP contribution >= 0.6 is 0 Å². The first kappa shape index (κ1) is 23.7. The monoisotopic (exact) mass is 471 g/mol. The molecule has 3 rings (SSSR count). The smallest absolute Gasteiger partial charge is 0.392 e. The van der Waals surface area contributed by atoms with E-state index in [1.807, 2.05) is 0 Å². The van der Waals surface area contributed by atoms with E-state index in [1.54, 1.807) is 12.1 Å². The Hall–Kier alpha value is -2.99. The largest absolute Gasteiger partial charge is 0.418 e. The lowest BCUT2D eigenvalue weighted by Crippen LogP contribution is -2.51. The van der Waals surface area contributed by atoms with Crippen molar-refractivity contribution in [3.05, 3.63) is 53.9 Å². The summed E-state index contributed by atoms with van der Waals surface area (Å²) in [5, 5.41) is 12.9. The summed E-state index contributed by atoms with van der Waals surface area (Å²) in [4.78, 5) is 20.8. The fraction of sp³-hybridized carbons (Fsp3) is 0.350. The zero-order valence-electron chi connectivity index (χ0n) is 17.0. The Kier molecular flexibility index (Phi) is 6.29. The third kappa shape index (κ3) is 4.60. The number of pyridine rings is 1. The van der Waals surface area contributed by atoms with E-state index < -0.39 is 38.3 Å². The van der Waals surface area contributed by atoms with E-state index in [-0.39, 0.29) is 18.4 Å². The molecule has 1 aromatic carbocycles. The molecule has 1 aromatic heterocycles. The van der Waals surface area contributed by atoms with Crippen molar-refractivity contribution in [1.82, 2.24) is 10.5 Å². The number of hydroxylamine groups is 1. The Bertz CT molecular complexity index is 1150. The second kappa shape index (κ2) is 8.51. The second-order valence-electron chi connectivity index (χ2n) is 7.61. The summed E-state index contributed by atoms with van der Waals surface area (Å²) in [6.07, 6.45) is -2.46. The van der Waals surface area contributed by atoms with E-state index in [1.165, 1.54) is 36.8 Å². The van der Waals surface area contributed by atoms with Gasteiger partial charge in [-0.2, -0.15) is 13.2 Å². The van der Waals surface area contributed by atoms with Crippen molar-refractivity contribution in [3.8, 4) is 11.1 Å². The third-order valence-electron chi connectivity index (χ3n) is 5.41. The first-order valence-electron chi connectivity index (χ1n) is 9.35. The molecule has 172 valence electrons. The van der Waals surface area contributed by atoms with Crippen molar-refractivity contribution in [3.63, 3.8) is 0 Å². The minimum atomic E-state index is -4.55. The maximum Gasteiger partial charge on any atom is 0.418 e. The number of oxime groups is 1.